The molecule has 9 heteroatoms. The molecule has 0 bridgehead atoms. The molecule has 0 unspecified atom stereocenters. The molecule has 0 fully saturated rings. The van der Waals surface area contributed by atoms with Gasteiger partial charge in [-0.3, -0.25) is 14.4 Å². The molecular formula is C23H28N4O4S. The monoisotopic (exact) mass is 456 g/mol. The average Bonchev–Trinajstić information content (AvgIpc) is 3.39. The summed E-state index contributed by atoms with van der Waals surface area (Å²) < 4.78 is 14.5. The van der Waals surface area contributed by atoms with Crippen LogP contribution in [0.2, 0.25) is 0 Å². The smallest absolute Gasteiger partial charge is 0.343 e. The summed E-state index contributed by atoms with van der Waals surface area (Å²) in [5, 5.41) is 8.38. The lowest BCUT2D eigenvalue weighted by molar-refractivity contribution is 0.0593. The van der Waals surface area contributed by atoms with Gasteiger partial charge in [-0.25, -0.2) is 4.79 Å². The Hall–Kier alpha value is -2.91. The summed E-state index contributed by atoms with van der Waals surface area (Å²) in [4.78, 5) is 27.9. The molecule has 0 radical (unpaired) electrons. The van der Waals surface area contributed by atoms with Gasteiger partial charge in [0, 0.05) is 57.6 Å². The van der Waals surface area contributed by atoms with Crippen LogP contribution in [-0.2, 0) is 37.7 Å². The van der Waals surface area contributed by atoms with Crippen LogP contribution in [-0.4, -0.2) is 52.0 Å². The number of pyridine rings is 1. The van der Waals surface area contributed by atoms with Crippen molar-refractivity contribution >= 4 is 17.3 Å². The minimum Gasteiger partial charge on any atom is -0.492 e. The van der Waals surface area contributed by atoms with E-state index in [9.17, 15) is 9.59 Å². The lowest BCUT2D eigenvalue weighted by atomic mass is 10.1. The second-order valence-electron chi connectivity index (χ2n) is 7.94. The maximum Gasteiger partial charge on any atom is 0.343 e. The number of aromatic nitrogens is 3. The molecule has 1 aliphatic rings. The van der Waals surface area contributed by atoms with Crippen LogP contribution in [0.1, 0.15) is 33.6 Å². The molecule has 0 spiro atoms. The fraction of sp³-hybridized carbons (Fsp3) is 0.435. The van der Waals surface area contributed by atoms with Crippen LogP contribution >= 0.6 is 11.3 Å². The molecule has 8 nitrogen and oxygen atoms in total. The van der Waals surface area contributed by atoms with Crippen molar-refractivity contribution in [2.45, 2.75) is 32.4 Å². The number of rotatable bonds is 8. The summed E-state index contributed by atoms with van der Waals surface area (Å²) in [5.74, 6) is -0.159. The number of hydrogen-bond acceptors (Lipinski definition) is 7. The highest BCUT2D eigenvalue weighted by Gasteiger charge is 2.26. The minimum atomic E-state index is -0.470. The van der Waals surface area contributed by atoms with Gasteiger partial charge in [0.25, 0.3) is 5.56 Å². The number of carbonyl (C=O) groups is 1. The number of nitrogens with zero attached hydrogens (tertiary/aromatic N) is 4. The van der Waals surface area contributed by atoms with E-state index in [1.165, 1.54) is 18.7 Å². The molecule has 170 valence electrons. The number of esters is 1. The number of ether oxygens (including phenoxy) is 2. The van der Waals surface area contributed by atoms with Crippen LogP contribution in [0.5, 0.6) is 5.75 Å². The Kier molecular flexibility index (Phi) is 7.06. The minimum absolute atomic E-state index is 0.146. The second-order valence-corrected chi connectivity index (χ2v) is 8.72. The Balaban J connectivity index is 1.51. The highest BCUT2D eigenvalue weighted by atomic mass is 32.1. The molecule has 0 aromatic carbocycles. The molecule has 0 saturated carbocycles. The van der Waals surface area contributed by atoms with E-state index in [0.717, 1.165) is 38.0 Å². The standard InChI is InChI=1S/C23H28N4O4S/c1-25-14-17(13-24-25)4-3-10-31-20-12-21(28)27-9-8-26(15-18-6-11-32-16-18)7-5-19(27)22(20)23(29)30-2/h6,11-14,16H,3-5,7-10,15H2,1-2H3. The summed E-state index contributed by atoms with van der Waals surface area (Å²) in [6, 6.07) is 3.54. The van der Waals surface area contributed by atoms with Gasteiger partial charge in [-0.1, -0.05) is 0 Å². The van der Waals surface area contributed by atoms with Crippen molar-refractivity contribution in [3.63, 3.8) is 0 Å². The van der Waals surface area contributed by atoms with Crippen molar-refractivity contribution < 1.29 is 14.3 Å². The molecule has 4 rings (SSSR count). The van der Waals surface area contributed by atoms with Crippen molar-refractivity contribution in [3.05, 3.63) is 68.0 Å². The molecule has 0 amide bonds. The Morgan fingerprint density at radius 3 is 2.84 bits per heavy atom. The summed E-state index contributed by atoms with van der Waals surface area (Å²) in [6.07, 6.45) is 5.94. The SMILES string of the molecule is COC(=O)c1c(OCCCc2cnn(C)c2)cc(=O)n2c1CCN(Cc1ccsc1)CC2. The largest absolute Gasteiger partial charge is 0.492 e. The molecule has 32 heavy (non-hydrogen) atoms. The first-order chi connectivity index (χ1) is 15.5. The van der Waals surface area contributed by atoms with E-state index >= 15 is 0 Å². The van der Waals surface area contributed by atoms with Gasteiger partial charge in [0.05, 0.1) is 19.9 Å². The van der Waals surface area contributed by atoms with E-state index in [4.69, 9.17) is 9.47 Å². The van der Waals surface area contributed by atoms with E-state index < -0.39 is 5.97 Å². The molecule has 0 N–H and O–H groups in total. The van der Waals surface area contributed by atoms with Gasteiger partial charge in [-0.05, 0) is 40.8 Å². The molecule has 3 aromatic rings. The molecule has 3 aromatic heterocycles. The van der Waals surface area contributed by atoms with Crippen LogP contribution in [0.25, 0.3) is 0 Å². The van der Waals surface area contributed by atoms with E-state index in [1.807, 2.05) is 19.4 Å². The van der Waals surface area contributed by atoms with Crippen molar-refractivity contribution in [2.75, 3.05) is 26.8 Å². The number of aryl methyl sites for hydroxylation is 2. The first-order valence-electron chi connectivity index (χ1n) is 10.7. The van der Waals surface area contributed by atoms with Crippen LogP contribution in [0.3, 0.4) is 0 Å². The molecule has 0 aliphatic carbocycles. The number of fused-ring (bicyclic) bond motifs is 1. The van der Waals surface area contributed by atoms with Gasteiger partial charge >= 0.3 is 5.97 Å². The number of methoxy groups -OCH3 is 1. The van der Waals surface area contributed by atoms with Gasteiger partial charge in [0.1, 0.15) is 11.3 Å². The van der Waals surface area contributed by atoms with E-state index in [-0.39, 0.29) is 5.56 Å². The summed E-state index contributed by atoms with van der Waals surface area (Å²) >= 11 is 1.68. The van der Waals surface area contributed by atoms with Crippen LogP contribution in [0.15, 0.2) is 40.1 Å². The lowest BCUT2D eigenvalue weighted by Crippen LogP contribution is -2.29. The Morgan fingerprint density at radius 1 is 1.25 bits per heavy atom. The third-order valence-electron chi connectivity index (χ3n) is 5.69. The quantitative estimate of drug-likeness (QED) is 0.383. The highest BCUT2D eigenvalue weighted by Crippen LogP contribution is 2.25. The number of thiophene rings is 1. The predicted molar refractivity (Wildman–Crippen MR) is 122 cm³/mol. The molecule has 1 aliphatic heterocycles. The first kappa shape index (κ1) is 22.3. The third-order valence-corrected chi connectivity index (χ3v) is 6.42. The zero-order valence-electron chi connectivity index (χ0n) is 18.5. The van der Waals surface area contributed by atoms with Gasteiger partial charge in [0.15, 0.2) is 0 Å². The number of hydrogen-bond donors (Lipinski definition) is 0. The van der Waals surface area contributed by atoms with Crippen LogP contribution in [0.4, 0.5) is 0 Å². The van der Waals surface area contributed by atoms with Gasteiger partial charge in [-0.2, -0.15) is 16.4 Å². The topological polar surface area (TPSA) is 78.6 Å². The van der Waals surface area contributed by atoms with Crippen LogP contribution in [0, 0.1) is 0 Å². The fourth-order valence-corrected chi connectivity index (χ4v) is 4.75. The molecular weight excluding hydrogens is 428 g/mol. The second kappa shape index (κ2) is 10.1. The molecule has 4 heterocycles. The van der Waals surface area contributed by atoms with Gasteiger partial charge in [0.2, 0.25) is 0 Å². The van der Waals surface area contributed by atoms with E-state index in [2.05, 4.69) is 26.8 Å². The summed E-state index contributed by atoms with van der Waals surface area (Å²) in [6.45, 7) is 3.26. The summed E-state index contributed by atoms with van der Waals surface area (Å²) in [7, 11) is 3.24. The average molecular weight is 457 g/mol. The fourth-order valence-electron chi connectivity index (χ4n) is 4.09. The van der Waals surface area contributed by atoms with Crippen molar-refractivity contribution in [2.24, 2.45) is 7.05 Å². The normalized spacial score (nSPS) is 14.1. The van der Waals surface area contributed by atoms with Crippen molar-refractivity contribution in [1.82, 2.24) is 19.2 Å². The zero-order chi connectivity index (χ0) is 22.5. The number of carbonyl (C=O) groups excluding carboxylic acids is 1. The Morgan fingerprint density at radius 2 is 2.12 bits per heavy atom. The van der Waals surface area contributed by atoms with E-state index in [1.54, 1.807) is 20.6 Å². The maximum absolute atomic E-state index is 12.9. The molecule has 0 atom stereocenters. The lowest BCUT2D eigenvalue weighted by Gasteiger charge is -2.18. The van der Waals surface area contributed by atoms with E-state index in [0.29, 0.717) is 36.6 Å². The van der Waals surface area contributed by atoms with Gasteiger partial charge < -0.3 is 14.0 Å². The summed E-state index contributed by atoms with van der Waals surface area (Å²) in [5.41, 5.74) is 3.30. The Bertz CT molecular complexity index is 1120. The molecule has 0 saturated heterocycles. The van der Waals surface area contributed by atoms with Crippen molar-refractivity contribution in [1.29, 1.82) is 0 Å². The predicted octanol–water partition coefficient (Wildman–Crippen LogP) is 2.50. The van der Waals surface area contributed by atoms with Gasteiger partial charge in [-0.15, -0.1) is 0 Å². The van der Waals surface area contributed by atoms with Crippen LogP contribution < -0.4 is 10.3 Å². The van der Waals surface area contributed by atoms with Crippen molar-refractivity contribution in [3.8, 4) is 5.75 Å². The highest BCUT2D eigenvalue weighted by molar-refractivity contribution is 7.07. The maximum atomic E-state index is 12.9. The third kappa shape index (κ3) is 5.11. The zero-order valence-corrected chi connectivity index (χ0v) is 19.3. The Labute approximate surface area is 191 Å². The first-order valence-corrected chi connectivity index (χ1v) is 11.7.